The molecule has 1 aliphatic rings. The molecule has 104 valence electrons. The SMILES string of the molecule is C#CCNC(=O)[C@H]1CC(=O)N(c2ccc(Br)cc2C)C1. The fourth-order valence-electron chi connectivity index (χ4n) is 2.32. The van der Waals surface area contributed by atoms with Crippen LogP contribution in [0.2, 0.25) is 0 Å². The second-order valence-corrected chi connectivity index (χ2v) is 5.67. The fourth-order valence-corrected chi connectivity index (χ4v) is 2.80. The Morgan fingerprint density at radius 3 is 3.00 bits per heavy atom. The molecule has 1 aromatic carbocycles. The lowest BCUT2D eigenvalue weighted by Gasteiger charge is -2.19. The minimum atomic E-state index is -0.334. The van der Waals surface area contributed by atoms with Crippen molar-refractivity contribution in [1.29, 1.82) is 0 Å². The Hall–Kier alpha value is -1.80. The van der Waals surface area contributed by atoms with Gasteiger partial charge in [0.2, 0.25) is 11.8 Å². The van der Waals surface area contributed by atoms with E-state index in [4.69, 9.17) is 6.42 Å². The van der Waals surface area contributed by atoms with Gasteiger partial charge in [-0.3, -0.25) is 9.59 Å². The highest BCUT2D eigenvalue weighted by Gasteiger charge is 2.35. The molecule has 4 nitrogen and oxygen atoms in total. The number of hydrogen-bond donors (Lipinski definition) is 1. The summed E-state index contributed by atoms with van der Waals surface area (Å²) in [6.45, 7) is 2.54. The number of carbonyl (C=O) groups excluding carboxylic acids is 2. The number of halogens is 1. The smallest absolute Gasteiger partial charge is 0.227 e. The maximum Gasteiger partial charge on any atom is 0.227 e. The van der Waals surface area contributed by atoms with Crippen molar-refractivity contribution in [2.45, 2.75) is 13.3 Å². The van der Waals surface area contributed by atoms with E-state index < -0.39 is 0 Å². The van der Waals surface area contributed by atoms with Crippen molar-refractivity contribution in [2.75, 3.05) is 18.0 Å². The molecular formula is C15H15BrN2O2. The number of hydrogen-bond acceptors (Lipinski definition) is 2. The third-order valence-electron chi connectivity index (χ3n) is 3.31. The molecule has 2 rings (SSSR count). The zero-order valence-corrected chi connectivity index (χ0v) is 12.7. The van der Waals surface area contributed by atoms with Crippen LogP contribution in [0.1, 0.15) is 12.0 Å². The summed E-state index contributed by atoms with van der Waals surface area (Å²) in [5, 5.41) is 2.63. The normalized spacial score (nSPS) is 17.9. The molecule has 0 aromatic heterocycles. The molecule has 1 N–H and O–H groups in total. The lowest BCUT2D eigenvalue weighted by atomic mass is 10.1. The Kier molecular flexibility index (Phi) is 4.46. The van der Waals surface area contributed by atoms with Gasteiger partial charge in [-0.2, -0.15) is 0 Å². The van der Waals surface area contributed by atoms with E-state index in [9.17, 15) is 9.59 Å². The predicted molar refractivity (Wildman–Crippen MR) is 81.2 cm³/mol. The molecule has 20 heavy (non-hydrogen) atoms. The highest BCUT2D eigenvalue weighted by atomic mass is 79.9. The van der Waals surface area contributed by atoms with Gasteiger partial charge in [0.05, 0.1) is 12.5 Å². The lowest BCUT2D eigenvalue weighted by molar-refractivity contribution is -0.126. The largest absolute Gasteiger partial charge is 0.345 e. The van der Waals surface area contributed by atoms with E-state index >= 15 is 0 Å². The zero-order chi connectivity index (χ0) is 14.7. The summed E-state index contributed by atoms with van der Waals surface area (Å²) >= 11 is 3.40. The van der Waals surface area contributed by atoms with Crippen molar-refractivity contribution in [3.63, 3.8) is 0 Å². The number of aryl methyl sites for hydroxylation is 1. The van der Waals surface area contributed by atoms with E-state index in [1.165, 1.54) is 0 Å². The van der Waals surface area contributed by atoms with Crippen LogP contribution >= 0.6 is 15.9 Å². The molecule has 1 aliphatic heterocycles. The topological polar surface area (TPSA) is 49.4 Å². The van der Waals surface area contributed by atoms with Crippen LogP contribution in [0.25, 0.3) is 0 Å². The summed E-state index contributed by atoms with van der Waals surface area (Å²) < 4.78 is 0.966. The highest BCUT2D eigenvalue weighted by molar-refractivity contribution is 9.10. The second-order valence-electron chi connectivity index (χ2n) is 4.76. The Bertz CT molecular complexity index is 592. The van der Waals surface area contributed by atoms with Crippen molar-refractivity contribution in [1.82, 2.24) is 5.32 Å². The van der Waals surface area contributed by atoms with Crippen molar-refractivity contribution >= 4 is 33.4 Å². The summed E-state index contributed by atoms with van der Waals surface area (Å²) in [5.74, 6) is 1.83. The third kappa shape index (κ3) is 3.02. The lowest BCUT2D eigenvalue weighted by Crippen LogP contribution is -2.33. The van der Waals surface area contributed by atoms with E-state index in [0.717, 1.165) is 15.7 Å². The van der Waals surface area contributed by atoms with Crippen molar-refractivity contribution in [2.24, 2.45) is 5.92 Å². The first-order valence-electron chi connectivity index (χ1n) is 6.30. The van der Waals surface area contributed by atoms with Crippen LogP contribution in [0.5, 0.6) is 0 Å². The predicted octanol–water partition coefficient (Wildman–Crippen LogP) is 1.86. The number of nitrogens with one attached hydrogen (secondary N) is 1. The number of amides is 2. The Labute approximate surface area is 126 Å². The molecule has 1 heterocycles. The number of rotatable bonds is 3. The van der Waals surface area contributed by atoms with Crippen LogP contribution in [-0.4, -0.2) is 24.9 Å². The van der Waals surface area contributed by atoms with Gasteiger partial charge < -0.3 is 10.2 Å². The van der Waals surface area contributed by atoms with E-state index in [2.05, 4.69) is 27.2 Å². The summed E-state index contributed by atoms with van der Waals surface area (Å²) in [5.41, 5.74) is 1.85. The Morgan fingerprint density at radius 2 is 2.35 bits per heavy atom. The molecule has 1 fully saturated rings. The van der Waals surface area contributed by atoms with Crippen LogP contribution in [0.15, 0.2) is 22.7 Å². The third-order valence-corrected chi connectivity index (χ3v) is 3.80. The summed E-state index contributed by atoms with van der Waals surface area (Å²) in [7, 11) is 0. The van der Waals surface area contributed by atoms with Gasteiger partial charge in [-0.05, 0) is 30.7 Å². The molecule has 0 unspecified atom stereocenters. The van der Waals surface area contributed by atoms with Gasteiger partial charge in [0, 0.05) is 23.1 Å². The van der Waals surface area contributed by atoms with Gasteiger partial charge in [-0.25, -0.2) is 0 Å². The quantitative estimate of drug-likeness (QED) is 0.858. The van der Waals surface area contributed by atoms with Crippen molar-refractivity contribution in [3.05, 3.63) is 28.2 Å². The number of anilines is 1. The van der Waals surface area contributed by atoms with Crippen LogP contribution in [-0.2, 0) is 9.59 Å². The molecule has 2 amide bonds. The number of nitrogens with zero attached hydrogens (tertiary/aromatic N) is 1. The van der Waals surface area contributed by atoms with Gasteiger partial charge in [0.1, 0.15) is 0 Å². The van der Waals surface area contributed by atoms with E-state index in [-0.39, 0.29) is 30.7 Å². The molecule has 0 bridgehead atoms. The van der Waals surface area contributed by atoms with Gasteiger partial charge in [0.15, 0.2) is 0 Å². The van der Waals surface area contributed by atoms with Gasteiger partial charge in [-0.15, -0.1) is 6.42 Å². The molecule has 0 aliphatic carbocycles. The average molecular weight is 335 g/mol. The molecule has 0 spiro atoms. The maximum absolute atomic E-state index is 12.1. The Balaban J connectivity index is 2.13. The number of terminal acetylenes is 1. The molecular weight excluding hydrogens is 320 g/mol. The summed E-state index contributed by atoms with van der Waals surface area (Å²) in [6, 6.07) is 5.73. The maximum atomic E-state index is 12.1. The average Bonchev–Trinajstić information content (AvgIpc) is 2.78. The number of carbonyl (C=O) groups is 2. The first-order chi connectivity index (χ1) is 9.52. The van der Waals surface area contributed by atoms with Crippen LogP contribution in [0.4, 0.5) is 5.69 Å². The van der Waals surface area contributed by atoms with Gasteiger partial charge in [0.25, 0.3) is 0 Å². The summed E-state index contributed by atoms with van der Waals surface area (Å²) in [4.78, 5) is 25.6. The monoisotopic (exact) mass is 334 g/mol. The zero-order valence-electron chi connectivity index (χ0n) is 11.1. The summed E-state index contributed by atoms with van der Waals surface area (Å²) in [6.07, 6.45) is 5.34. The van der Waals surface area contributed by atoms with Gasteiger partial charge in [-0.1, -0.05) is 21.9 Å². The standard InChI is InChI=1S/C15H15BrN2O2/c1-3-6-17-15(20)11-8-14(19)18(9-11)13-5-4-12(16)7-10(13)2/h1,4-5,7,11H,6,8-9H2,2H3,(H,17,20)/t11-/m0/s1. The molecule has 1 atom stereocenters. The first kappa shape index (κ1) is 14.6. The van der Waals surface area contributed by atoms with Crippen LogP contribution in [0.3, 0.4) is 0 Å². The first-order valence-corrected chi connectivity index (χ1v) is 7.10. The fraction of sp³-hybridized carbons (Fsp3) is 0.333. The molecule has 5 heteroatoms. The van der Waals surface area contributed by atoms with E-state index in [1.807, 2.05) is 25.1 Å². The second kappa shape index (κ2) is 6.10. The Morgan fingerprint density at radius 1 is 1.60 bits per heavy atom. The van der Waals surface area contributed by atoms with Crippen molar-refractivity contribution < 1.29 is 9.59 Å². The molecule has 0 saturated carbocycles. The van der Waals surface area contributed by atoms with Crippen LogP contribution < -0.4 is 10.2 Å². The molecule has 1 aromatic rings. The minimum Gasteiger partial charge on any atom is -0.345 e. The van der Waals surface area contributed by atoms with E-state index in [0.29, 0.717) is 6.54 Å². The molecule has 1 saturated heterocycles. The molecule has 0 radical (unpaired) electrons. The van der Waals surface area contributed by atoms with Crippen LogP contribution in [0, 0.1) is 25.2 Å². The minimum absolute atomic E-state index is 0.0312. The van der Waals surface area contributed by atoms with E-state index in [1.54, 1.807) is 4.90 Å². The number of benzene rings is 1. The van der Waals surface area contributed by atoms with Gasteiger partial charge >= 0.3 is 0 Å². The highest BCUT2D eigenvalue weighted by Crippen LogP contribution is 2.29. The van der Waals surface area contributed by atoms with Crippen molar-refractivity contribution in [3.8, 4) is 12.3 Å².